The third kappa shape index (κ3) is 3.91. The zero-order chi connectivity index (χ0) is 18.8. The number of carbonyl (C=O) groups is 2. The van der Waals surface area contributed by atoms with Crippen LogP contribution in [0.25, 0.3) is 0 Å². The van der Waals surface area contributed by atoms with Crippen molar-refractivity contribution in [3.8, 4) is 0 Å². The van der Waals surface area contributed by atoms with Gasteiger partial charge in [-0.05, 0) is 17.7 Å². The lowest BCUT2D eigenvalue weighted by atomic mass is 10.1. The summed E-state index contributed by atoms with van der Waals surface area (Å²) in [6, 6.07) is 8.80. The van der Waals surface area contributed by atoms with Gasteiger partial charge in [-0.15, -0.1) is 0 Å². The molecule has 2 aliphatic heterocycles. The highest BCUT2D eigenvalue weighted by atomic mass is 35.5. The summed E-state index contributed by atoms with van der Waals surface area (Å²) in [7, 11) is 0. The molecule has 0 aliphatic carbocycles. The number of urea groups is 1. The molecule has 4 rings (SSSR count). The topological polar surface area (TPSA) is 82.5 Å². The molecule has 9 heteroatoms. The molecular weight excluding hydrogens is 368 g/mol. The molecule has 3 heterocycles. The lowest BCUT2D eigenvalue weighted by Gasteiger charge is -2.42. The highest BCUT2D eigenvalue weighted by Gasteiger charge is 2.36. The monoisotopic (exact) mass is 388 g/mol. The van der Waals surface area contributed by atoms with Gasteiger partial charge in [-0.2, -0.15) is 5.10 Å². The quantitative estimate of drug-likeness (QED) is 0.828. The zero-order valence-electron chi connectivity index (χ0n) is 14.8. The van der Waals surface area contributed by atoms with E-state index < -0.39 is 0 Å². The van der Waals surface area contributed by atoms with E-state index in [1.165, 1.54) is 0 Å². The molecule has 0 unspecified atom stereocenters. The van der Waals surface area contributed by atoms with Crippen molar-refractivity contribution in [2.45, 2.75) is 12.6 Å². The molecule has 8 nitrogen and oxygen atoms in total. The Hall–Kier alpha value is -2.58. The smallest absolute Gasteiger partial charge is 0.323 e. The van der Waals surface area contributed by atoms with Crippen LogP contribution in [0.15, 0.2) is 36.5 Å². The Morgan fingerprint density at radius 1 is 1.30 bits per heavy atom. The fraction of sp³-hybridized carbons (Fsp3) is 0.389. The van der Waals surface area contributed by atoms with Gasteiger partial charge in [-0.25, -0.2) is 9.48 Å². The molecule has 0 saturated carbocycles. The number of nitrogens with zero attached hydrogens (tertiary/aromatic N) is 4. The first-order valence-electron chi connectivity index (χ1n) is 8.94. The summed E-state index contributed by atoms with van der Waals surface area (Å²) in [4.78, 5) is 28.6. The number of piperazine rings is 2. The molecule has 0 spiro atoms. The summed E-state index contributed by atoms with van der Waals surface area (Å²) in [6.07, 6.45) is 1.65. The maximum Gasteiger partial charge on any atom is 0.323 e. The highest BCUT2D eigenvalue weighted by Crippen LogP contribution is 2.17. The van der Waals surface area contributed by atoms with Crippen LogP contribution >= 0.6 is 11.6 Å². The predicted molar refractivity (Wildman–Crippen MR) is 102 cm³/mol. The van der Waals surface area contributed by atoms with Crippen molar-refractivity contribution in [1.29, 1.82) is 0 Å². The second kappa shape index (κ2) is 7.58. The SMILES string of the molecule is O=C1NCCN2CCN(C(=O)Nc3ccnn3Cc3cccc(Cl)c3)C[C@@H]12. The van der Waals surface area contributed by atoms with Gasteiger partial charge in [0.25, 0.3) is 0 Å². The molecule has 0 bridgehead atoms. The van der Waals surface area contributed by atoms with Crippen LogP contribution in [0.1, 0.15) is 5.56 Å². The van der Waals surface area contributed by atoms with E-state index in [2.05, 4.69) is 20.6 Å². The minimum absolute atomic E-state index is 0.00949. The van der Waals surface area contributed by atoms with E-state index in [9.17, 15) is 9.59 Å². The van der Waals surface area contributed by atoms with Crippen LogP contribution in [0.4, 0.5) is 10.6 Å². The number of benzene rings is 1. The Morgan fingerprint density at radius 2 is 2.19 bits per heavy atom. The Kier molecular flexibility index (Phi) is 5.00. The molecule has 2 saturated heterocycles. The van der Waals surface area contributed by atoms with Crippen LogP contribution in [0.3, 0.4) is 0 Å². The summed E-state index contributed by atoms with van der Waals surface area (Å²) in [5.41, 5.74) is 0.995. The van der Waals surface area contributed by atoms with Crippen LogP contribution in [0.5, 0.6) is 0 Å². The van der Waals surface area contributed by atoms with Gasteiger partial charge in [0.2, 0.25) is 5.91 Å². The van der Waals surface area contributed by atoms with Crippen molar-refractivity contribution in [3.05, 3.63) is 47.1 Å². The maximum atomic E-state index is 12.7. The van der Waals surface area contributed by atoms with Crippen LogP contribution in [-0.4, -0.2) is 70.3 Å². The number of aromatic nitrogens is 2. The maximum absolute atomic E-state index is 12.7. The molecule has 2 N–H and O–H groups in total. The molecule has 1 aromatic heterocycles. The van der Waals surface area contributed by atoms with Gasteiger partial charge in [0.1, 0.15) is 11.9 Å². The third-order valence-corrected chi connectivity index (χ3v) is 5.19. The normalized spacial score (nSPS) is 20.1. The number of fused-ring (bicyclic) bond motifs is 1. The first kappa shape index (κ1) is 17.8. The average Bonchev–Trinajstić information content (AvgIpc) is 3.08. The Balaban J connectivity index is 1.42. The van der Waals surface area contributed by atoms with Gasteiger partial charge in [0.05, 0.1) is 12.7 Å². The van der Waals surface area contributed by atoms with E-state index in [0.29, 0.717) is 43.6 Å². The summed E-state index contributed by atoms with van der Waals surface area (Å²) in [5.74, 6) is 0.597. The van der Waals surface area contributed by atoms with Crippen molar-refractivity contribution in [2.24, 2.45) is 0 Å². The molecule has 3 amide bonds. The van der Waals surface area contributed by atoms with Gasteiger partial charge in [0.15, 0.2) is 0 Å². The summed E-state index contributed by atoms with van der Waals surface area (Å²) in [5, 5.41) is 10.7. The van der Waals surface area contributed by atoms with Gasteiger partial charge in [0, 0.05) is 43.8 Å². The van der Waals surface area contributed by atoms with E-state index in [4.69, 9.17) is 11.6 Å². The second-order valence-electron chi connectivity index (χ2n) is 6.72. The van der Waals surface area contributed by atoms with Crippen molar-refractivity contribution in [3.63, 3.8) is 0 Å². The van der Waals surface area contributed by atoms with Crippen LogP contribution in [-0.2, 0) is 11.3 Å². The number of amides is 3. The van der Waals surface area contributed by atoms with E-state index in [0.717, 1.165) is 12.1 Å². The first-order chi connectivity index (χ1) is 13.1. The number of halogens is 1. The highest BCUT2D eigenvalue weighted by molar-refractivity contribution is 6.30. The van der Waals surface area contributed by atoms with E-state index in [1.54, 1.807) is 21.8 Å². The molecule has 1 aromatic carbocycles. The molecule has 2 fully saturated rings. The van der Waals surface area contributed by atoms with Gasteiger partial charge in [-0.1, -0.05) is 23.7 Å². The number of rotatable bonds is 3. The number of carbonyl (C=O) groups excluding carboxylic acids is 2. The van der Waals surface area contributed by atoms with Crippen molar-refractivity contribution >= 4 is 29.4 Å². The zero-order valence-corrected chi connectivity index (χ0v) is 15.5. The van der Waals surface area contributed by atoms with E-state index >= 15 is 0 Å². The lowest BCUT2D eigenvalue weighted by Crippen LogP contribution is -2.64. The summed E-state index contributed by atoms with van der Waals surface area (Å²) < 4.78 is 1.72. The Labute approximate surface area is 162 Å². The minimum atomic E-state index is -0.269. The fourth-order valence-corrected chi connectivity index (χ4v) is 3.74. The average molecular weight is 389 g/mol. The minimum Gasteiger partial charge on any atom is -0.353 e. The van der Waals surface area contributed by atoms with Crippen LogP contribution in [0, 0.1) is 0 Å². The molecule has 0 radical (unpaired) electrons. The number of anilines is 1. The molecule has 2 aliphatic rings. The predicted octanol–water partition coefficient (Wildman–Crippen LogP) is 1.23. The van der Waals surface area contributed by atoms with Crippen LogP contribution in [0.2, 0.25) is 5.02 Å². The lowest BCUT2D eigenvalue weighted by molar-refractivity contribution is -0.131. The van der Waals surface area contributed by atoms with Crippen molar-refractivity contribution < 1.29 is 9.59 Å². The molecular formula is C18H21ClN6O2. The second-order valence-corrected chi connectivity index (χ2v) is 7.16. The fourth-order valence-electron chi connectivity index (χ4n) is 3.52. The third-order valence-electron chi connectivity index (χ3n) is 4.95. The standard InChI is InChI=1S/C18H21ClN6O2/c19-14-3-1-2-13(10-14)11-25-16(4-5-21-25)22-18(27)24-9-8-23-7-6-20-17(26)15(23)12-24/h1-5,10,15H,6-9,11-12H2,(H,20,26)(H,22,27)/t15-/m0/s1. The Morgan fingerprint density at radius 3 is 3.04 bits per heavy atom. The molecule has 142 valence electrons. The first-order valence-corrected chi connectivity index (χ1v) is 9.32. The largest absolute Gasteiger partial charge is 0.353 e. The Bertz CT molecular complexity index is 854. The van der Waals surface area contributed by atoms with Crippen molar-refractivity contribution in [2.75, 3.05) is 38.0 Å². The summed E-state index contributed by atoms with van der Waals surface area (Å²) in [6.45, 7) is 3.69. The van der Waals surface area contributed by atoms with Gasteiger partial charge >= 0.3 is 6.03 Å². The van der Waals surface area contributed by atoms with Crippen LogP contribution < -0.4 is 10.6 Å². The molecule has 2 aromatic rings. The number of nitrogens with one attached hydrogen (secondary N) is 2. The van der Waals surface area contributed by atoms with Crippen molar-refractivity contribution in [1.82, 2.24) is 24.9 Å². The molecule has 1 atom stereocenters. The molecule has 27 heavy (non-hydrogen) atoms. The van der Waals surface area contributed by atoms with Gasteiger partial charge < -0.3 is 10.2 Å². The van der Waals surface area contributed by atoms with Gasteiger partial charge in [-0.3, -0.25) is 15.0 Å². The number of hydrogen-bond donors (Lipinski definition) is 2. The summed E-state index contributed by atoms with van der Waals surface area (Å²) >= 11 is 6.04. The van der Waals surface area contributed by atoms with E-state index in [-0.39, 0.29) is 18.0 Å². The van der Waals surface area contributed by atoms with E-state index in [1.807, 2.05) is 24.3 Å². The number of hydrogen-bond acceptors (Lipinski definition) is 4.